The van der Waals surface area contributed by atoms with Gasteiger partial charge in [0.2, 0.25) is 11.8 Å². The number of aromatic amines is 1. The maximum absolute atomic E-state index is 15.1. The van der Waals surface area contributed by atoms with Gasteiger partial charge in [-0.25, -0.2) is 4.98 Å². The average molecular weight is 457 g/mol. The summed E-state index contributed by atoms with van der Waals surface area (Å²) in [6, 6.07) is 11.6. The number of allylic oxidation sites excluding steroid dienone is 1. The molecule has 0 atom stereocenters. The summed E-state index contributed by atoms with van der Waals surface area (Å²) in [7, 11) is 0. The van der Waals surface area contributed by atoms with Crippen LogP contribution in [0.5, 0.6) is 0 Å². The molecule has 0 spiro atoms. The first kappa shape index (κ1) is 21.4. The van der Waals surface area contributed by atoms with E-state index in [1.165, 1.54) is 0 Å². The zero-order valence-electron chi connectivity index (χ0n) is 17.1. The van der Waals surface area contributed by atoms with E-state index in [0.29, 0.717) is 41.8 Å². The van der Waals surface area contributed by atoms with E-state index in [2.05, 4.69) is 32.5 Å². The SMILES string of the molecule is CCCCc1nc(F)c(C=C(Cc2cccs2)c2nn[nH]n2)n1Cc1ccccc1Cl. The molecule has 6 nitrogen and oxygen atoms in total. The first-order valence-corrected chi connectivity index (χ1v) is 11.4. The molecule has 9 heteroatoms. The molecule has 0 saturated carbocycles. The van der Waals surface area contributed by atoms with E-state index in [4.69, 9.17) is 11.6 Å². The van der Waals surface area contributed by atoms with Gasteiger partial charge in [-0.3, -0.25) is 0 Å². The lowest BCUT2D eigenvalue weighted by molar-refractivity contribution is 0.582. The molecule has 1 N–H and O–H groups in total. The topological polar surface area (TPSA) is 72.3 Å². The van der Waals surface area contributed by atoms with E-state index in [-0.39, 0.29) is 0 Å². The molecular formula is C22H22ClFN6S. The predicted octanol–water partition coefficient (Wildman–Crippen LogP) is 5.42. The standard InChI is InChI=1S/C22H22ClFN6S/c1-2-3-10-20-25-21(24)19(30(20)14-15-7-4-5-9-18(15)23)13-16(22-26-28-29-27-22)12-17-8-6-11-31-17/h4-9,11,13H,2-3,10,12,14H2,1H3,(H,26,27,28,29). The number of nitrogens with zero attached hydrogens (tertiary/aromatic N) is 5. The molecule has 0 aliphatic rings. The summed E-state index contributed by atoms with van der Waals surface area (Å²) in [4.78, 5) is 5.38. The van der Waals surface area contributed by atoms with Crippen molar-refractivity contribution in [2.24, 2.45) is 0 Å². The fraction of sp³-hybridized carbons (Fsp3) is 0.273. The second-order valence-corrected chi connectivity index (χ2v) is 8.59. The van der Waals surface area contributed by atoms with Crippen LogP contribution in [0.25, 0.3) is 11.6 Å². The van der Waals surface area contributed by atoms with Gasteiger partial charge in [0.15, 0.2) is 0 Å². The molecule has 1 aromatic carbocycles. The van der Waals surface area contributed by atoms with Gasteiger partial charge in [-0.2, -0.15) is 9.60 Å². The zero-order chi connectivity index (χ0) is 21.6. The number of aryl methyl sites for hydroxylation is 1. The summed E-state index contributed by atoms with van der Waals surface area (Å²) in [5, 5.41) is 17.1. The van der Waals surface area contributed by atoms with Crippen LogP contribution in [0, 0.1) is 5.95 Å². The maximum atomic E-state index is 15.1. The van der Waals surface area contributed by atoms with Gasteiger partial charge in [-0.1, -0.05) is 49.2 Å². The summed E-state index contributed by atoms with van der Waals surface area (Å²) in [5.41, 5.74) is 2.06. The normalized spacial score (nSPS) is 11.9. The third kappa shape index (κ3) is 5.08. The van der Waals surface area contributed by atoms with Crippen LogP contribution in [0.3, 0.4) is 0 Å². The highest BCUT2D eigenvalue weighted by Crippen LogP contribution is 2.26. The van der Waals surface area contributed by atoms with Gasteiger partial charge in [0.1, 0.15) is 5.82 Å². The molecule has 4 rings (SSSR count). The number of H-pyrrole nitrogens is 1. The lowest BCUT2D eigenvalue weighted by Gasteiger charge is -2.12. The van der Waals surface area contributed by atoms with Crippen LogP contribution in [0.1, 0.15) is 47.5 Å². The van der Waals surface area contributed by atoms with Gasteiger partial charge >= 0.3 is 0 Å². The molecule has 4 aromatic rings. The average Bonchev–Trinajstić information content (AvgIpc) is 3.52. The molecule has 0 aliphatic heterocycles. The number of benzene rings is 1. The molecule has 0 bridgehead atoms. The van der Waals surface area contributed by atoms with Gasteiger partial charge in [-0.15, -0.1) is 21.5 Å². The van der Waals surface area contributed by atoms with Crippen LogP contribution >= 0.6 is 22.9 Å². The Balaban J connectivity index is 1.79. The number of unbranched alkanes of at least 4 members (excludes halogenated alkanes) is 1. The van der Waals surface area contributed by atoms with Crippen molar-refractivity contribution in [2.75, 3.05) is 0 Å². The molecule has 0 saturated heterocycles. The lowest BCUT2D eigenvalue weighted by atomic mass is 10.1. The number of imidazole rings is 1. The van der Waals surface area contributed by atoms with Crippen molar-refractivity contribution < 1.29 is 4.39 Å². The van der Waals surface area contributed by atoms with Crippen molar-refractivity contribution in [1.82, 2.24) is 30.2 Å². The van der Waals surface area contributed by atoms with E-state index in [9.17, 15) is 0 Å². The van der Waals surface area contributed by atoms with Crippen LogP contribution in [0.2, 0.25) is 5.02 Å². The molecule has 31 heavy (non-hydrogen) atoms. The fourth-order valence-electron chi connectivity index (χ4n) is 3.38. The van der Waals surface area contributed by atoms with Crippen LogP contribution in [0.15, 0.2) is 41.8 Å². The third-order valence-corrected chi connectivity index (χ3v) is 6.21. The summed E-state index contributed by atoms with van der Waals surface area (Å²) in [6.07, 6.45) is 4.96. The molecule has 0 radical (unpaired) electrons. The van der Waals surface area contributed by atoms with Crippen molar-refractivity contribution >= 4 is 34.6 Å². The van der Waals surface area contributed by atoms with Crippen molar-refractivity contribution in [3.05, 3.63) is 80.5 Å². The van der Waals surface area contributed by atoms with E-state index < -0.39 is 5.95 Å². The highest BCUT2D eigenvalue weighted by atomic mass is 35.5. The van der Waals surface area contributed by atoms with Gasteiger partial charge in [0.25, 0.3) is 0 Å². The Kier molecular flexibility index (Phi) is 6.89. The molecule has 3 aromatic heterocycles. The van der Waals surface area contributed by atoms with Gasteiger partial charge in [0.05, 0.1) is 12.2 Å². The van der Waals surface area contributed by atoms with Gasteiger partial charge in [0, 0.05) is 28.3 Å². The quantitative estimate of drug-likeness (QED) is 0.364. The van der Waals surface area contributed by atoms with E-state index in [1.807, 2.05) is 46.3 Å². The van der Waals surface area contributed by atoms with Gasteiger partial charge in [-0.05, 0) is 40.8 Å². The third-order valence-electron chi connectivity index (χ3n) is 4.97. The molecule has 0 unspecified atom stereocenters. The molecule has 0 aliphatic carbocycles. The molecule has 160 valence electrons. The number of nitrogens with one attached hydrogen (secondary N) is 1. The number of tetrazole rings is 1. The van der Waals surface area contributed by atoms with Crippen molar-refractivity contribution in [3.63, 3.8) is 0 Å². The van der Waals surface area contributed by atoms with Crippen LogP contribution in [-0.2, 0) is 19.4 Å². The number of rotatable bonds is 9. The van der Waals surface area contributed by atoms with Crippen molar-refractivity contribution in [1.29, 1.82) is 0 Å². The van der Waals surface area contributed by atoms with Crippen LogP contribution in [0.4, 0.5) is 4.39 Å². The predicted molar refractivity (Wildman–Crippen MR) is 121 cm³/mol. The highest BCUT2D eigenvalue weighted by molar-refractivity contribution is 7.10. The summed E-state index contributed by atoms with van der Waals surface area (Å²) >= 11 is 8.03. The fourth-order valence-corrected chi connectivity index (χ4v) is 4.30. The second kappa shape index (κ2) is 9.98. The Hall–Kier alpha value is -2.84. The molecule has 0 amide bonds. The van der Waals surface area contributed by atoms with Crippen molar-refractivity contribution in [3.8, 4) is 0 Å². The minimum absolute atomic E-state index is 0.391. The molecular weight excluding hydrogens is 435 g/mol. The molecule has 3 heterocycles. The summed E-state index contributed by atoms with van der Waals surface area (Å²) in [6.45, 7) is 2.54. The molecule has 0 fully saturated rings. The number of thiophene rings is 1. The number of halogens is 2. The van der Waals surface area contributed by atoms with Gasteiger partial charge < -0.3 is 4.57 Å². The first-order chi connectivity index (χ1) is 15.2. The van der Waals surface area contributed by atoms with E-state index in [0.717, 1.165) is 28.9 Å². The first-order valence-electron chi connectivity index (χ1n) is 10.1. The highest BCUT2D eigenvalue weighted by Gasteiger charge is 2.19. The van der Waals surface area contributed by atoms with Crippen LogP contribution < -0.4 is 0 Å². The van der Waals surface area contributed by atoms with Crippen molar-refractivity contribution in [2.45, 2.75) is 39.2 Å². The van der Waals surface area contributed by atoms with E-state index in [1.54, 1.807) is 17.4 Å². The van der Waals surface area contributed by atoms with Crippen LogP contribution in [-0.4, -0.2) is 30.2 Å². The monoisotopic (exact) mass is 456 g/mol. The number of hydrogen-bond acceptors (Lipinski definition) is 5. The number of hydrogen-bond donors (Lipinski definition) is 1. The minimum atomic E-state index is -0.509. The Morgan fingerprint density at radius 2 is 2.13 bits per heavy atom. The Morgan fingerprint density at radius 3 is 2.84 bits per heavy atom. The van der Waals surface area contributed by atoms with E-state index >= 15 is 4.39 Å². The Morgan fingerprint density at radius 1 is 1.26 bits per heavy atom. The zero-order valence-corrected chi connectivity index (χ0v) is 18.6. The smallest absolute Gasteiger partial charge is 0.238 e. The summed E-state index contributed by atoms with van der Waals surface area (Å²) < 4.78 is 17.0. The maximum Gasteiger partial charge on any atom is 0.238 e. The Bertz CT molecular complexity index is 1150. The Labute approximate surface area is 188 Å². The minimum Gasteiger partial charge on any atom is -0.321 e. The second-order valence-electron chi connectivity index (χ2n) is 7.15. The largest absolute Gasteiger partial charge is 0.321 e. The number of aromatic nitrogens is 6. The lowest BCUT2D eigenvalue weighted by Crippen LogP contribution is -2.08. The summed E-state index contributed by atoms with van der Waals surface area (Å²) in [5.74, 6) is 0.632.